The minimum atomic E-state index is 0.0312. The van der Waals surface area contributed by atoms with Gasteiger partial charge >= 0.3 is 0 Å². The Labute approximate surface area is 166 Å². The molecule has 4 nitrogen and oxygen atoms in total. The second-order valence-corrected chi connectivity index (χ2v) is 8.17. The number of benzene rings is 2. The summed E-state index contributed by atoms with van der Waals surface area (Å²) in [6.45, 7) is 8.65. The van der Waals surface area contributed by atoms with Crippen LogP contribution >= 0.6 is 11.8 Å². The van der Waals surface area contributed by atoms with E-state index in [1.807, 2.05) is 12.1 Å². The molecular weight excluding hydrogens is 356 g/mol. The molecule has 27 heavy (non-hydrogen) atoms. The molecule has 0 saturated carbocycles. The van der Waals surface area contributed by atoms with Gasteiger partial charge in [-0.3, -0.25) is 4.79 Å². The number of quaternary nitrogens is 1. The molecule has 3 rings (SSSR count). The monoisotopic (exact) mass is 385 g/mol. The summed E-state index contributed by atoms with van der Waals surface area (Å²) in [5, 5.41) is 3.27. The van der Waals surface area contributed by atoms with Crippen molar-refractivity contribution >= 4 is 17.7 Å². The minimum Gasteiger partial charge on any atom is -0.370 e. The molecule has 0 radical (unpaired) electrons. The molecule has 2 aromatic carbocycles. The number of amides is 1. The Hall–Kier alpha value is -1.82. The zero-order valence-corrected chi connectivity index (χ0v) is 17.0. The zero-order valence-electron chi connectivity index (χ0n) is 16.2. The molecule has 1 aliphatic rings. The number of rotatable bonds is 7. The molecule has 1 fully saturated rings. The highest BCUT2D eigenvalue weighted by Crippen LogP contribution is 2.22. The summed E-state index contributed by atoms with van der Waals surface area (Å²) >= 11 is 1.60. The lowest BCUT2D eigenvalue weighted by Crippen LogP contribution is -3.14. The fourth-order valence-electron chi connectivity index (χ4n) is 3.30. The molecule has 2 aromatic rings. The van der Waals surface area contributed by atoms with Crippen LogP contribution in [-0.2, 0) is 9.53 Å². The maximum atomic E-state index is 12.7. The number of carbonyl (C=O) groups is 1. The van der Waals surface area contributed by atoms with E-state index in [1.54, 1.807) is 11.8 Å². The second-order valence-electron chi connectivity index (χ2n) is 7.15. The Kier molecular flexibility index (Phi) is 7.33. The topological polar surface area (TPSA) is 42.8 Å². The fourth-order valence-corrected chi connectivity index (χ4v) is 4.14. The minimum absolute atomic E-state index is 0.0312. The quantitative estimate of drug-likeness (QED) is 0.718. The van der Waals surface area contributed by atoms with Crippen molar-refractivity contribution in [1.29, 1.82) is 0 Å². The lowest BCUT2D eigenvalue weighted by atomic mass is 10.0. The molecule has 0 unspecified atom stereocenters. The average Bonchev–Trinajstić information content (AvgIpc) is 2.68. The van der Waals surface area contributed by atoms with Crippen molar-refractivity contribution in [1.82, 2.24) is 5.32 Å². The molecule has 144 valence electrons. The first-order valence-electron chi connectivity index (χ1n) is 9.57. The van der Waals surface area contributed by atoms with Gasteiger partial charge in [0, 0.05) is 4.90 Å². The predicted molar refractivity (Wildman–Crippen MR) is 110 cm³/mol. The number of nitrogens with one attached hydrogen (secondary N) is 2. The van der Waals surface area contributed by atoms with E-state index in [2.05, 4.69) is 55.6 Å². The maximum Gasteiger partial charge on any atom is 0.231 e. The largest absolute Gasteiger partial charge is 0.370 e. The van der Waals surface area contributed by atoms with Crippen LogP contribution in [0.15, 0.2) is 53.4 Å². The highest BCUT2D eigenvalue weighted by molar-refractivity contribution is 8.00. The number of carbonyl (C=O) groups excluding carboxylic acids is 1. The molecule has 0 bridgehead atoms. The van der Waals surface area contributed by atoms with E-state index in [-0.39, 0.29) is 11.9 Å². The molecule has 1 atom stereocenters. The summed E-state index contributed by atoms with van der Waals surface area (Å²) < 4.78 is 5.47. The van der Waals surface area contributed by atoms with Crippen molar-refractivity contribution in [2.75, 3.05) is 38.6 Å². The van der Waals surface area contributed by atoms with Crippen LogP contribution in [0, 0.1) is 13.8 Å². The molecule has 2 N–H and O–H groups in total. The predicted octanol–water partition coefficient (Wildman–Crippen LogP) is 2.17. The highest BCUT2D eigenvalue weighted by atomic mass is 32.2. The van der Waals surface area contributed by atoms with Gasteiger partial charge in [-0.25, -0.2) is 0 Å². The highest BCUT2D eigenvalue weighted by Gasteiger charge is 2.23. The Morgan fingerprint density at radius 3 is 2.52 bits per heavy atom. The number of hydrogen-bond donors (Lipinski definition) is 2. The number of aryl methyl sites for hydroxylation is 2. The Bertz CT molecular complexity index is 742. The lowest BCUT2D eigenvalue weighted by molar-refractivity contribution is -0.909. The van der Waals surface area contributed by atoms with Gasteiger partial charge in [-0.15, -0.1) is 11.8 Å². The number of ether oxygens (including phenoxy) is 1. The van der Waals surface area contributed by atoms with E-state index in [1.165, 1.54) is 26.5 Å². The Morgan fingerprint density at radius 1 is 1.11 bits per heavy atom. The van der Waals surface area contributed by atoms with Gasteiger partial charge in [0.1, 0.15) is 25.7 Å². The van der Waals surface area contributed by atoms with E-state index >= 15 is 0 Å². The van der Waals surface area contributed by atoms with E-state index < -0.39 is 0 Å². The Morgan fingerprint density at radius 2 is 1.81 bits per heavy atom. The van der Waals surface area contributed by atoms with Gasteiger partial charge < -0.3 is 15.0 Å². The number of thioether (sulfide) groups is 1. The summed E-state index contributed by atoms with van der Waals surface area (Å²) in [7, 11) is 0. The van der Waals surface area contributed by atoms with Crippen LogP contribution in [0.5, 0.6) is 0 Å². The van der Waals surface area contributed by atoms with Crippen molar-refractivity contribution in [3.05, 3.63) is 65.2 Å². The molecule has 1 heterocycles. The molecule has 0 spiro atoms. The second kappa shape index (κ2) is 9.93. The van der Waals surface area contributed by atoms with Crippen LogP contribution in [0.4, 0.5) is 0 Å². The zero-order chi connectivity index (χ0) is 19.1. The van der Waals surface area contributed by atoms with Crippen molar-refractivity contribution < 1.29 is 14.4 Å². The molecule has 1 amide bonds. The summed E-state index contributed by atoms with van der Waals surface area (Å²) in [5.74, 6) is 0.521. The summed E-state index contributed by atoms with van der Waals surface area (Å²) in [4.78, 5) is 15.3. The first-order valence-corrected chi connectivity index (χ1v) is 10.6. The fraction of sp³-hybridized carbons (Fsp3) is 0.409. The van der Waals surface area contributed by atoms with E-state index in [9.17, 15) is 4.79 Å². The van der Waals surface area contributed by atoms with Gasteiger partial charge in [-0.1, -0.05) is 48.0 Å². The molecule has 1 saturated heterocycles. The van der Waals surface area contributed by atoms with Crippen molar-refractivity contribution in [2.24, 2.45) is 0 Å². The number of morpholine rings is 1. The molecule has 1 aliphatic heterocycles. The van der Waals surface area contributed by atoms with Crippen LogP contribution < -0.4 is 10.2 Å². The molecular formula is C22H29N2O2S+. The third-order valence-electron chi connectivity index (χ3n) is 4.96. The van der Waals surface area contributed by atoms with Crippen molar-refractivity contribution in [3.63, 3.8) is 0 Å². The van der Waals surface area contributed by atoms with Gasteiger partial charge in [0.05, 0.1) is 19.0 Å². The third-order valence-corrected chi connectivity index (χ3v) is 6.14. The van der Waals surface area contributed by atoms with E-state index in [0.717, 1.165) is 32.8 Å². The molecule has 0 aromatic heterocycles. The van der Waals surface area contributed by atoms with Crippen molar-refractivity contribution in [2.45, 2.75) is 24.8 Å². The van der Waals surface area contributed by atoms with Crippen LogP contribution in [0.3, 0.4) is 0 Å². The van der Waals surface area contributed by atoms with Gasteiger partial charge in [0.25, 0.3) is 0 Å². The van der Waals surface area contributed by atoms with Gasteiger partial charge in [0.15, 0.2) is 0 Å². The van der Waals surface area contributed by atoms with E-state index in [0.29, 0.717) is 5.75 Å². The third kappa shape index (κ3) is 6.09. The standard InChI is InChI=1S/C22H28N2O2S/c1-17-7-9-19(10-8-17)20(15-24-11-13-26-14-12-24)23-22(25)16-27-21-6-4-3-5-18(21)2/h3-10,20H,11-16H2,1-2H3,(H,23,25)/p+1/t20-/m0/s1. The van der Waals surface area contributed by atoms with Crippen LogP contribution in [0.25, 0.3) is 0 Å². The SMILES string of the molecule is Cc1ccc([C@H](C[NH+]2CCOCC2)NC(=O)CSc2ccccc2C)cc1. The van der Waals surface area contributed by atoms with Gasteiger partial charge in [-0.2, -0.15) is 0 Å². The van der Waals surface area contributed by atoms with Crippen molar-refractivity contribution in [3.8, 4) is 0 Å². The van der Waals surface area contributed by atoms with E-state index in [4.69, 9.17) is 4.74 Å². The molecule has 5 heteroatoms. The smallest absolute Gasteiger partial charge is 0.231 e. The first-order chi connectivity index (χ1) is 13.1. The lowest BCUT2D eigenvalue weighted by Gasteiger charge is -2.28. The maximum absolute atomic E-state index is 12.7. The van der Waals surface area contributed by atoms with Gasteiger partial charge in [0.2, 0.25) is 5.91 Å². The summed E-state index contributed by atoms with van der Waals surface area (Å²) in [6, 6.07) is 16.7. The Balaban J connectivity index is 1.63. The average molecular weight is 386 g/mol. The molecule has 0 aliphatic carbocycles. The van der Waals surface area contributed by atoms with Crippen LogP contribution in [-0.4, -0.2) is 44.5 Å². The summed E-state index contributed by atoms with van der Waals surface area (Å²) in [6.07, 6.45) is 0. The normalized spacial score (nSPS) is 16.1. The summed E-state index contributed by atoms with van der Waals surface area (Å²) in [5.41, 5.74) is 3.62. The van der Waals surface area contributed by atoms with Crippen LogP contribution in [0.2, 0.25) is 0 Å². The first kappa shape index (κ1) is 19.9. The van der Waals surface area contributed by atoms with Gasteiger partial charge in [-0.05, 0) is 31.0 Å². The van der Waals surface area contributed by atoms with Crippen LogP contribution in [0.1, 0.15) is 22.7 Å². The number of hydrogen-bond acceptors (Lipinski definition) is 3.